The zero-order valence-corrected chi connectivity index (χ0v) is 19.5. The molecular weight excluding hydrogens is 378 g/mol. The van der Waals surface area contributed by atoms with Crippen LogP contribution in [0.15, 0.2) is 55.0 Å². The van der Waals surface area contributed by atoms with Crippen LogP contribution in [-0.2, 0) is 12.8 Å². The lowest BCUT2D eigenvalue weighted by Crippen LogP contribution is -1.94. The van der Waals surface area contributed by atoms with E-state index in [1.165, 1.54) is 56.1 Å². The van der Waals surface area contributed by atoms with E-state index in [2.05, 4.69) is 72.1 Å². The molecule has 0 bridgehead atoms. The molecule has 0 radical (unpaired) electrons. The number of rotatable bonds is 12. The highest BCUT2D eigenvalue weighted by molar-refractivity contribution is 5.63. The summed E-state index contributed by atoms with van der Waals surface area (Å²) >= 11 is 0. The lowest BCUT2D eigenvalue weighted by molar-refractivity contribution is 0.556. The van der Waals surface area contributed by atoms with Crippen molar-refractivity contribution < 1.29 is 0 Å². The number of nitrogens with zero attached hydrogens (tertiary/aromatic N) is 3. The van der Waals surface area contributed by atoms with E-state index in [4.69, 9.17) is 0 Å². The highest BCUT2D eigenvalue weighted by Crippen LogP contribution is 2.22. The Kier molecular flexibility index (Phi) is 9.20. The molecule has 0 saturated carbocycles. The average molecular weight is 416 g/mol. The first kappa shape index (κ1) is 23.1. The van der Waals surface area contributed by atoms with Crippen LogP contribution in [0.2, 0.25) is 0 Å². The molecule has 3 aromatic rings. The Morgan fingerprint density at radius 3 is 1.97 bits per heavy atom. The van der Waals surface area contributed by atoms with Crippen LogP contribution in [0.3, 0.4) is 0 Å². The zero-order valence-electron chi connectivity index (χ0n) is 19.5. The van der Waals surface area contributed by atoms with Gasteiger partial charge in [-0.1, -0.05) is 77.1 Å². The maximum Gasteiger partial charge on any atom is 0.160 e. The number of pyridine rings is 1. The smallest absolute Gasteiger partial charge is 0.160 e. The molecule has 2 aromatic heterocycles. The Balaban J connectivity index is 1.55. The number of aromatic nitrogens is 3. The summed E-state index contributed by atoms with van der Waals surface area (Å²) in [7, 11) is 0. The summed E-state index contributed by atoms with van der Waals surface area (Å²) in [6.45, 7) is 6.82. The van der Waals surface area contributed by atoms with E-state index < -0.39 is 0 Å². The lowest BCUT2D eigenvalue weighted by atomic mass is 10.0. The fourth-order valence-electron chi connectivity index (χ4n) is 3.82. The van der Waals surface area contributed by atoms with Gasteiger partial charge in [-0.25, -0.2) is 9.97 Å². The van der Waals surface area contributed by atoms with Gasteiger partial charge in [0.05, 0.1) is 5.69 Å². The molecule has 164 valence electrons. The molecule has 0 spiro atoms. The fourth-order valence-corrected chi connectivity index (χ4v) is 3.82. The second kappa shape index (κ2) is 12.3. The summed E-state index contributed by atoms with van der Waals surface area (Å²) in [5, 5.41) is 0. The molecule has 0 saturated heterocycles. The minimum absolute atomic E-state index is 0.745. The second-order valence-electron chi connectivity index (χ2n) is 8.99. The largest absolute Gasteiger partial charge is 0.255 e. The summed E-state index contributed by atoms with van der Waals surface area (Å²) < 4.78 is 0. The number of benzene rings is 1. The molecule has 0 unspecified atom stereocenters. The van der Waals surface area contributed by atoms with Gasteiger partial charge in [-0.2, -0.15) is 0 Å². The van der Waals surface area contributed by atoms with Crippen molar-refractivity contribution in [2.45, 2.75) is 78.6 Å². The van der Waals surface area contributed by atoms with Crippen molar-refractivity contribution in [3.63, 3.8) is 0 Å². The van der Waals surface area contributed by atoms with Gasteiger partial charge in [-0.3, -0.25) is 4.98 Å². The van der Waals surface area contributed by atoms with Crippen molar-refractivity contribution in [2.75, 3.05) is 0 Å². The molecule has 31 heavy (non-hydrogen) atoms. The van der Waals surface area contributed by atoms with Crippen molar-refractivity contribution in [1.29, 1.82) is 0 Å². The molecule has 0 N–H and O–H groups in total. The third-order valence-electron chi connectivity index (χ3n) is 5.79. The predicted molar refractivity (Wildman–Crippen MR) is 131 cm³/mol. The molecule has 3 rings (SSSR count). The summed E-state index contributed by atoms with van der Waals surface area (Å²) in [6, 6.07) is 13.0. The molecule has 0 amide bonds. The van der Waals surface area contributed by atoms with Crippen molar-refractivity contribution in [3.05, 3.63) is 66.1 Å². The first-order valence-electron chi connectivity index (χ1n) is 12.0. The zero-order chi connectivity index (χ0) is 21.9. The van der Waals surface area contributed by atoms with Gasteiger partial charge < -0.3 is 0 Å². The Morgan fingerprint density at radius 1 is 0.645 bits per heavy atom. The molecule has 0 fully saturated rings. The summed E-state index contributed by atoms with van der Waals surface area (Å²) in [5.74, 6) is 1.52. The van der Waals surface area contributed by atoms with Gasteiger partial charge in [0.1, 0.15) is 0 Å². The van der Waals surface area contributed by atoms with Gasteiger partial charge in [-0.05, 0) is 54.9 Å². The van der Waals surface area contributed by atoms with Crippen LogP contribution >= 0.6 is 0 Å². The Labute approximate surface area is 188 Å². The normalized spacial score (nSPS) is 11.2. The van der Waals surface area contributed by atoms with E-state index in [9.17, 15) is 0 Å². The molecular formula is C28H37N3. The van der Waals surface area contributed by atoms with E-state index in [0.29, 0.717) is 0 Å². The van der Waals surface area contributed by atoms with Crippen molar-refractivity contribution >= 4 is 0 Å². The topological polar surface area (TPSA) is 38.7 Å². The van der Waals surface area contributed by atoms with Crippen molar-refractivity contribution in [2.24, 2.45) is 5.92 Å². The molecule has 3 nitrogen and oxygen atoms in total. The van der Waals surface area contributed by atoms with E-state index in [1.807, 2.05) is 18.6 Å². The highest BCUT2D eigenvalue weighted by atomic mass is 14.9. The Bertz CT molecular complexity index is 881. The Hall–Kier alpha value is -2.55. The highest BCUT2D eigenvalue weighted by Gasteiger charge is 2.05. The van der Waals surface area contributed by atoms with Crippen molar-refractivity contribution in [3.8, 4) is 22.6 Å². The first-order chi connectivity index (χ1) is 15.2. The third-order valence-corrected chi connectivity index (χ3v) is 5.79. The van der Waals surface area contributed by atoms with Crippen molar-refractivity contribution in [1.82, 2.24) is 15.0 Å². The van der Waals surface area contributed by atoms with Crippen LogP contribution < -0.4 is 0 Å². The lowest BCUT2D eigenvalue weighted by Gasteiger charge is -2.07. The van der Waals surface area contributed by atoms with Gasteiger partial charge in [0.2, 0.25) is 0 Å². The quantitative estimate of drug-likeness (QED) is 0.284. The summed E-state index contributed by atoms with van der Waals surface area (Å²) in [4.78, 5) is 13.8. The molecule has 2 heterocycles. The minimum atomic E-state index is 0.745. The van der Waals surface area contributed by atoms with E-state index >= 15 is 0 Å². The molecule has 0 aliphatic carbocycles. The number of hydrogen-bond donors (Lipinski definition) is 0. The van der Waals surface area contributed by atoms with Crippen LogP contribution in [0.25, 0.3) is 22.6 Å². The van der Waals surface area contributed by atoms with Crippen LogP contribution in [0, 0.1) is 5.92 Å². The standard InChI is InChI=1S/C28H37N3/c1-4-5-6-7-8-11-24-19-30-28(31-20-24)26-17-18-27(29-21-26)25-15-13-23(14-16-25)12-9-10-22(2)3/h13-22H,4-12H2,1-3H3. The molecule has 0 aliphatic heterocycles. The van der Waals surface area contributed by atoms with E-state index in [1.54, 1.807) is 0 Å². The number of aryl methyl sites for hydroxylation is 2. The second-order valence-corrected chi connectivity index (χ2v) is 8.99. The van der Waals surface area contributed by atoms with Gasteiger partial charge in [0, 0.05) is 29.7 Å². The van der Waals surface area contributed by atoms with Gasteiger partial charge in [0.25, 0.3) is 0 Å². The predicted octanol–water partition coefficient (Wildman–Crippen LogP) is 7.70. The Morgan fingerprint density at radius 2 is 1.32 bits per heavy atom. The van der Waals surface area contributed by atoms with Crippen LogP contribution in [0.5, 0.6) is 0 Å². The number of hydrogen-bond acceptors (Lipinski definition) is 3. The van der Waals surface area contributed by atoms with Gasteiger partial charge >= 0.3 is 0 Å². The maximum absolute atomic E-state index is 4.66. The minimum Gasteiger partial charge on any atom is -0.255 e. The van der Waals surface area contributed by atoms with Gasteiger partial charge in [-0.15, -0.1) is 0 Å². The molecule has 0 aliphatic rings. The van der Waals surface area contributed by atoms with E-state index in [-0.39, 0.29) is 0 Å². The molecule has 0 atom stereocenters. The van der Waals surface area contributed by atoms with Gasteiger partial charge in [0.15, 0.2) is 5.82 Å². The van der Waals surface area contributed by atoms with Crippen LogP contribution in [0.4, 0.5) is 0 Å². The average Bonchev–Trinajstić information content (AvgIpc) is 2.80. The van der Waals surface area contributed by atoms with Crippen LogP contribution in [0.1, 0.15) is 76.8 Å². The fraction of sp³-hybridized carbons (Fsp3) is 0.464. The molecule has 1 aromatic carbocycles. The van der Waals surface area contributed by atoms with E-state index in [0.717, 1.165) is 41.4 Å². The maximum atomic E-state index is 4.66. The first-order valence-corrected chi connectivity index (χ1v) is 12.0. The SMILES string of the molecule is CCCCCCCc1cnc(-c2ccc(-c3ccc(CCCC(C)C)cc3)nc2)nc1. The molecule has 3 heteroatoms. The third kappa shape index (κ3) is 7.57. The van der Waals surface area contributed by atoms with Crippen LogP contribution in [-0.4, -0.2) is 15.0 Å². The monoisotopic (exact) mass is 415 g/mol. The summed E-state index contributed by atoms with van der Waals surface area (Å²) in [5.41, 5.74) is 5.72. The summed E-state index contributed by atoms with van der Waals surface area (Å²) in [6.07, 6.45) is 17.0. The number of unbranched alkanes of at least 4 members (excludes halogenated alkanes) is 4.